The lowest BCUT2D eigenvalue weighted by Gasteiger charge is -2.17. The van der Waals surface area contributed by atoms with E-state index in [1.165, 1.54) is 12.8 Å². The van der Waals surface area contributed by atoms with Crippen LogP contribution in [-0.4, -0.2) is 29.2 Å². The fourth-order valence-electron chi connectivity index (χ4n) is 1.05. The number of hydrogen-bond acceptors (Lipinski definition) is 1. The SMILES string of the molecule is CCCCCCN(C)C(=O)C(Cl)Cl. The summed E-state index contributed by atoms with van der Waals surface area (Å²) in [6.07, 6.45) is 4.60. The van der Waals surface area contributed by atoms with E-state index in [1.807, 2.05) is 0 Å². The summed E-state index contributed by atoms with van der Waals surface area (Å²) in [4.78, 5) is 11.8. The number of amides is 1. The van der Waals surface area contributed by atoms with E-state index in [1.54, 1.807) is 11.9 Å². The average molecular weight is 226 g/mol. The van der Waals surface area contributed by atoms with Crippen LogP contribution in [0.5, 0.6) is 0 Å². The van der Waals surface area contributed by atoms with Crippen molar-refractivity contribution < 1.29 is 4.79 Å². The smallest absolute Gasteiger partial charge is 0.255 e. The number of nitrogens with zero attached hydrogens (tertiary/aromatic N) is 1. The second-order valence-corrected chi connectivity index (χ2v) is 4.22. The summed E-state index contributed by atoms with van der Waals surface area (Å²) in [5, 5.41) is 0. The van der Waals surface area contributed by atoms with Crippen LogP contribution in [0.4, 0.5) is 0 Å². The van der Waals surface area contributed by atoms with Crippen LogP contribution in [0.1, 0.15) is 32.6 Å². The number of unbranched alkanes of at least 4 members (excludes halogenated alkanes) is 3. The van der Waals surface area contributed by atoms with Crippen molar-refractivity contribution in [2.75, 3.05) is 13.6 Å². The zero-order valence-electron chi connectivity index (χ0n) is 8.22. The molecule has 0 aromatic rings. The maximum atomic E-state index is 11.2. The predicted octanol–water partition coefficient (Wildman–Crippen LogP) is 2.83. The largest absolute Gasteiger partial charge is 0.343 e. The molecule has 0 atom stereocenters. The van der Waals surface area contributed by atoms with Gasteiger partial charge in [-0.05, 0) is 6.42 Å². The molecule has 0 aliphatic rings. The first-order valence-corrected chi connectivity index (χ1v) is 5.50. The van der Waals surface area contributed by atoms with Crippen molar-refractivity contribution in [3.8, 4) is 0 Å². The highest BCUT2D eigenvalue weighted by Gasteiger charge is 2.15. The van der Waals surface area contributed by atoms with E-state index >= 15 is 0 Å². The third-order valence-corrected chi connectivity index (χ3v) is 2.28. The second-order valence-electron chi connectivity index (χ2n) is 3.12. The van der Waals surface area contributed by atoms with Crippen LogP contribution in [0.3, 0.4) is 0 Å². The topological polar surface area (TPSA) is 20.3 Å². The van der Waals surface area contributed by atoms with E-state index in [2.05, 4.69) is 6.92 Å². The Morgan fingerprint density at radius 1 is 1.31 bits per heavy atom. The van der Waals surface area contributed by atoms with Gasteiger partial charge in [0, 0.05) is 13.6 Å². The van der Waals surface area contributed by atoms with Crippen LogP contribution < -0.4 is 0 Å². The van der Waals surface area contributed by atoms with Gasteiger partial charge in [-0.25, -0.2) is 0 Å². The molecule has 0 fully saturated rings. The second kappa shape index (κ2) is 7.45. The van der Waals surface area contributed by atoms with Gasteiger partial charge in [-0.15, -0.1) is 0 Å². The van der Waals surface area contributed by atoms with Crippen LogP contribution in [0.25, 0.3) is 0 Å². The van der Waals surface area contributed by atoms with E-state index < -0.39 is 4.84 Å². The van der Waals surface area contributed by atoms with E-state index in [4.69, 9.17) is 23.2 Å². The molecule has 78 valence electrons. The number of carbonyl (C=O) groups excluding carboxylic acids is 1. The first-order valence-electron chi connectivity index (χ1n) is 4.62. The van der Waals surface area contributed by atoms with Crippen molar-refractivity contribution in [2.45, 2.75) is 37.4 Å². The van der Waals surface area contributed by atoms with Gasteiger partial charge in [-0.1, -0.05) is 49.4 Å². The Labute approximate surface area is 90.2 Å². The molecule has 0 N–H and O–H groups in total. The first kappa shape index (κ1) is 13.1. The van der Waals surface area contributed by atoms with Crippen LogP contribution >= 0.6 is 23.2 Å². The molecule has 0 heterocycles. The standard InChI is InChI=1S/C9H17Cl2NO/c1-3-4-5-6-7-12(2)9(13)8(10)11/h8H,3-7H2,1-2H3. The minimum Gasteiger partial charge on any atom is -0.343 e. The maximum Gasteiger partial charge on any atom is 0.255 e. The molecular weight excluding hydrogens is 209 g/mol. The van der Waals surface area contributed by atoms with Gasteiger partial charge < -0.3 is 4.90 Å². The fraction of sp³-hybridized carbons (Fsp3) is 0.889. The molecule has 0 saturated carbocycles. The summed E-state index contributed by atoms with van der Waals surface area (Å²) in [6, 6.07) is 0. The van der Waals surface area contributed by atoms with Gasteiger partial charge >= 0.3 is 0 Å². The molecule has 0 aromatic carbocycles. The van der Waals surface area contributed by atoms with Gasteiger partial charge in [-0.3, -0.25) is 4.79 Å². The summed E-state index contributed by atoms with van der Waals surface area (Å²) >= 11 is 10.9. The molecule has 0 saturated heterocycles. The van der Waals surface area contributed by atoms with Crippen molar-refractivity contribution in [2.24, 2.45) is 0 Å². The number of hydrogen-bond donors (Lipinski definition) is 0. The van der Waals surface area contributed by atoms with Crippen LogP contribution in [0.15, 0.2) is 0 Å². The Kier molecular flexibility index (Phi) is 7.48. The number of alkyl halides is 2. The molecule has 0 aliphatic carbocycles. The third-order valence-electron chi connectivity index (χ3n) is 1.91. The summed E-state index contributed by atoms with van der Waals surface area (Å²) in [6.45, 7) is 2.90. The normalized spacial score (nSPS) is 10.5. The van der Waals surface area contributed by atoms with Gasteiger partial charge in [0.1, 0.15) is 0 Å². The fourth-order valence-corrected chi connectivity index (χ4v) is 1.39. The minimum absolute atomic E-state index is 0.208. The highest BCUT2D eigenvalue weighted by molar-refractivity contribution is 6.53. The van der Waals surface area contributed by atoms with Gasteiger partial charge in [-0.2, -0.15) is 0 Å². The molecule has 13 heavy (non-hydrogen) atoms. The zero-order chi connectivity index (χ0) is 10.3. The maximum absolute atomic E-state index is 11.2. The minimum atomic E-state index is -0.920. The quantitative estimate of drug-likeness (QED) is 0.503. The van der Waals surface area contributed by atoms with Gasteiger partial charge in [0.05, 0.1) is 0 Å². The molecule has 1 amide bonds. The average Bonchev–Trinajstić information content (AvgIpc) is 2.10. The molecule has 4 heteroatoms. The summed E-state index contributed by atoms with van der Waals surface area (Å²) in [7, 11) is 1.73. The third kappa shape index (κ3) is 6.17. The van der Waals surface area contributed by atoms with E-state index in [0.717, 1.165) is 19.4 Å². The van der Waals surface area contributed by atoms with E-state index in [9.17, 15) is 4.79 Å². The molecule has 0 rings (SSSR count). The Morgan fingerprint density at radius 2 is 1.92 bits per heavy atom. The highest BCUT2D eigenvalue weighted by atomic mass is 35.5. The molecule has 0 unspecified atom stereocenters. The number of rotatable bonds is 6. The molecular formula is C9H17Cl2NO. The van der Waals surface area contributed by atoms with Crippen molar-refractivity contribution in [3.63, 3.8) is 0 Å². The number of carbonyl (C=O) groups is 1. The Balaban J connectivity index is 3.50. The van der Waals surface area contributed by atoms with Crippen LogP contribution in [0, 0.1) is 0 Å². The van der Waals surface area contributed by atoms with Gasteiger partial charge in [0.2, 0.25) is 0 Å². The predicted molar refractivity (Wildman–Crippen MR) is 57.3 cm³/mol. The molecule has 0 aliphatic heterocycles. The highest BCUT2D eigenvalue weighted by Crippen LogP contribution is 2.07. The Bertz CT molecular complexity index is 151. The Hall–Kier alpha value is 0.0500. The summed E-state index contributed by atoms with van der Waals surface area (Å²) < 4.78 is 0. The van der Waals surface area contributed by atoms with E-state index in [0.29, 0.717) is 0 Å². The molecule has 0 radical (unpaired) electrons. The lowest BCUT2D eigenvalue weighted by molar-refractivity contribution is -0.128. The van der Waals surface area contributed by atoms with Crippen LogP contribution in [-0.2, 0) is 4.79 Å². The van der Waals surface area contributed by atoms with E-state index in [-0.39, 0.29) is 5.91 Å². The van der Waals surface area contributed by atoms with Crippen LogP contribution in [0.2, 0.25) is 0 Å². The molecule has 0 bridgehead atoms. The Morgan fingerprint density at radius 3 is 2.38 bits per heavy atom. The molecule has 2 nitrogen and oxygen atoms in total. The van der Waals surface area contributed by atoms with Crippen molar-refractivity contribution in [1.82, 2.24) is 4.90 Å². The molecule has 0 aromatic heterocycles. The first-order chi connectivity index (χ1) is 6.09. The number of halogens is 2. The lowest BCUT2D eigenvalue weighted by atomic mass is 10.2. The zero-order valence-corrected chi connectivity index (χ0v) is 9.74. The van der Waals surface area contributed by atoms with Gasteiger partial charge in [0.25, 0.3) is 5.91 Å². The monoisotopic (exact) mass is 225 g/mol. The van der Waals surface area contributed by atoms with Crippen molar-refractivity contribution >= 4 is 29.1 Å². The van der Waals surface area contributed by atoms with Crippen molar-refractivity contribution in [1.29, 1.82) is 0 Å². The van der Waals surface area contributed by atoms with Crippen molar-refractivity contribution in [3.05, 3.63) is 0 Å². The van der Waals surface area contributed by atoms with Gasteiger partial charge in [0.15, 0.2) is 4.84 Å². The summed E-state index contributed by atoms with van der Waals surface area (Å²) in [5.74, 6) is -0.208. The summed E-state index contributed by atoms with van der Waals surface area (Å²) in [5.41, 5.74) is 0. The lowest BCUT2D eigenvalue weighted by Crippen LogP contribution is -2.31. The molecule has 0 spiro atoms.